The lowest BCUT2D eigenvalue weighted by molar-refractivity contribution is -0.134. The first-order chi connectivity index (χ1) is 11.1. The molecule has 3 rings (SSSR count). The van der Waals surface area contributed by atoms with E-state index in [1.165, 1.54) is 32.3 Å². The highest BCUT2D eigenvalue weighted by Crippen LogP contribution is 2.21. The Balaban J connectivity index is 1.52. The molecule has 0 spiro atoms. The molecule has 0 radical (unpaired) electrons. The van der Waals surface area contributed by atoms with E-state index < -0.39 is 0 Å². The molecule has 3 heterocycles. The maximum atomic E-state index is 12.5. The SMILES string of the molecule is CC1CN(C(=O)Cc2cncnc2)CCN1C1CCN(C)CC1. The summed E-state index contributed by atoms with van der Waals surface area (Å²) in [6.45, 7) is 7.28. The Morgan fingerprint density at radius 3 is 2.52 bits per heavy atom. The Bertz CT molecular complexity index is 515. The van der Waals surface area contributed by atoms with Crippen LogP contribution in [0.25, 0.3) is 0 Å². The Morgan fingerprint density at radius 1 is 1.17 bits per heavy atom. The van der Waals surface area contributed by atoms with Gasteiger partial charge in [0.1, 0.15) is 6.33 Å². The van der Waals surface area contributed by atoms with Crippen LogP contribution in [0.5, 0.6) is 0 Å². The van der Waals surface area contributed by atoms with E-state index in [0.29, 0.717) is 18.5 Å². The Morgan fingerprint density at radius 2 is 1.87 bits per heavy atom. The second kappa shape index (κ2) is 7.36. The van der Waals surface area contributed by atoms with E-state index in [0.717, 1.165) is 25.2 Å². The molecular weight excluding hydrogens is 290 g/mol. The van der Waals surface area contributed by atoms with Gasteiger partial charge in [-0.1, -0.05) is 0 Å². The van der Waals surface area contributed by atoms with E-state index >= 15 is 0 Å². The molecule has 126 valence electrons. The average molecular weight is 317 g/mol. The average Bonchev–Trinajstić information content (AvgIpc) is 2.57. The number of aromatic nitrogens is 2. The minimum atomic E-state index is 0.190. The fraction of sp³-hybridized carbons (Fsp3) is 0.706. The normalized spacial score (nSPS) is 24.8. The lowest BCUT2D eigenvalue weighted by atomic mass is 10.00. The van der Waals surface area contributed by atoms with Gasteiger partial charge in [0.25, 0.3) is 0 Å². The molecule has 2 aliphatic rings. The van der Waals surface area contributed by atoms with Gasteiger partial charge in [0.15, 0.2) is 0 Å². The van der Waals surface area contributed by atoms with E-state index in [1.807, 2.05) is 4.90 Å². The predicted molar refractivity (Wildman–Crippen MR) is 89.0 cm³/mol. The Hall–Kier alpha value is -1.53. The highest BCUT2D eigenvalue weighted by atomic mass is 16.2. The molecule has 1 unspecified atom stereocenters. The zero-order chi connectivity index (χ0) is 16.2. The molecule has 1 aromatic heterocycles. The van der Waals surface area contributed by atoms with Crippen molar-refractivity contribution in [1.82, 2.24) is 24.7 Å². The summed E-state index contributed by atoms with van der Waals surface area (Å²) in [5.74, 6) is 0.190. The molecule has 1 atom stereocenters. The molecule has 2 aliphatic heterocycles. The molecule has 0 saturated carbocycles. The largest absolute Gasteiger partial charge is 0.340 e. The van der Waals surface area contributed by atoms with E-state index in [1.54, 1.807) is 12.4 Å². The number of carbonyl (C=O) groups excluding carboxylic acids is 1. The van der Waals surface area contributed by atoms with Gasteiger partial charge in [0, 0.05) is 44.1 Å². The Labute approximate surface area is 138 Å². The first kappa shape index (κ1) is 16.3. The van der Waals surface area contributed by atoms with Gasteiger partial charge in [-0.2, -0.15) is 0 Å². The number of rotatable bonds is 3. The molecule has 0 bridgehead atoms. The number of piperidine rings is 1. The summed E-state index contributed by atoms with van der Waals surface area (Å²) in [7, 11) is 2.20. The van der Waals surface area contributed by atoms with Crippen molar-refractivity contribution in [2.75, 3.05) is 39.8 Å². The molecule has 6 nitrogen and oxygen atoms in total. The standard InChI is InChI=1S/C17H27N5O/c1-14-12-21(17(23)9-15-10-18-13-19-11-15)7-8-22(14)16-3-5-20(2)6-4-16/h10-11,13-14,16H,3-9,12H2,1-2H3. The van der Waals surface area contributed by atoms with Crippen molar-refractivity contribution < 1.29 is 4.79 Å². The van der Waals surface area contributed by atoms with Crippen molar-refractivity contribution >= 4 is 5.91 Å². The summed E-state index contributed by atoms with van der Waals surface area (Å²) in [5.41, 5.74) is 0.892. The second-order valence-corrected chi connectivity index (χ2v) is 6.88. The van der Waals surface area contributed by atoms with Gasteiger partial charge in [0.05, 0.1) is 6.42 Å². The summed E-state index contributed by atoms with van der Waals surface area (Å²) in [4.78, 5) is 27.5. The fourth-order valence-electron chi connectivity index (χ4n) is 3.77. The number of amides is 1. The van der Waals surface area contributed by atoms with Crippen LogP contribution in [0.15, 0.2) is 18.7 Å². The molecule has 0 aliphatic carbocycles. The quantitative estimate of drug-likeness (QED) is 0.819. The van der Waals surface area contributed by atoms with Crippen LogP contribution in [0.3, 0.4) is 0 Å². The lowest BCUT2D eigenvalue weighted by Crippen LogP contribution is -2.58. The first-order valence-electron chi connectivity index (χ1n) is 8.59. The summed E-state index contributed by atoms with van der Waals surface area (Å²) < 4.78 is 0. The van der Waals surface area contributed by atoms with Crippen LogP contribution in [0.2, 0.25) is 0 Å². The minimum absolute atomic E-state index is 0.190. The molecule has 1 aromatic rings. The molecule has 23 heavy (non-hydrogen) atoms. The van der Waals surface area contributed by atoms with Gasteiger partial charge in [0.2, 0.25) is 5.91 Å². The van der Waals surface area contributed by atoms with Gasteiger partial charge in [-0.15, -0.1) is 0 Å². The second-order valence-electron chi connectivity index (χ2n) is 6.88. The number of hydrogen-bond donors (Lipinski definition) is 0. The van der Waals surface area contributed by atoms with E-state index in [9.17, 15) is 4.79 Å². The summed E-state index contributed by atoms with van der Waals surface area (Å²) >= 11 is 0. The van der Waals surface area contributed by atoms with Crippen molar-refractivity contribution in [3.05, 3.63) is 24.3 Å². The van der Waals surface area contributed by atoms with Gasteiger partial charge in [-0.25, -0.2) is 9.97 Å². The number of carbonyl (C=O) groups is 1. The van der Waals surface area contributed by atoms with Gasteiger partial charge < -0.3 is 9.80 Å². The number of nitrogens with zero attached hydrogens (tertiary/aromatic N) is 5. The number of hydrogen-bond acceptors (Lipinski definition) is 5. The van der Waals surface area contributed by atoms with Crippen molar-refractivity contribution in [3.8, 4) is 0 Å². The molecule has 1 amide bonds. The lowest BCUT2D eigenvalue weighted by Gasteiger charge is -2.46. The Kier molecular flexibility index (Phi) is 5.23. The molecule has 6 heteroatoms. The van der Waals surface area contributed by atoms with Crippen molar-refractivity contribution in [3.63, 3.8) is 0 Å². The maximum absolute atomic E-state index is 12.5. The van der Waals surface area contributed by atoms with Crippen LogP contribution >= 0.6 is 0 Å². The van der Waals surface area contributed by atoms with E-state index in [-0.39, 0.29) is 5.91 Å². The van der Waals surface area contributed by atoms with Gasteiger partial charge >= 0.3 is 0 Å². The number of piperazine rings is 1. The smallest absolute Gasteiger partial charge is 0.227 e. The third-order valence-corrected chi connectivity index (χ3v) is 5.16. The summed E-state index contributed by atoms with van der Waals surface area (Å²) in [5, 5.41) is 0. The van der Waals surface area contributed by atoms with E-state index in [2.05, 4.69) is 33.7 Å². The first-order valence-corrected chi connectivity index (χ1v) is 8.59. The third-order valence-electron chi connectivity index (χ3n) is 5.16. The summed E-state index contributed by atoms with van der Waals surface area (Å²) in [6.07, 6.45) is 7.84. The number of likely N-dealkylation sites (tertiary alicyclic amines) is 1. The van der Waals surface area contributed by atoms with Crippen molar-refractivity contribution in [1.29, 1.82) is 0 Å². The van der Waals surface area contributed by atoms with Crippen LogP contribution in [-0.4, -0.2) is 82.4 Å². The van der Waals surface area contributed by atoms with Crippen LogP contribution in [0.4, 0.5) is 0 Å². The maximum Gasteiger partial charge on any atom is 0.227 e. The zero-order valence-corrected chi connectivity index (χ0v) is 14.2. The van der Waals surface area contributed by atoms with Gasteiger partial charge in [-0.05, 0) is 45.5 Å². The van der Waals surface area contributed by atoms with E-state index in [4.69, 9.17) is 0 Å². The van der Waals surface area contributed by atoms with Crippen LogP contribution in [0, 0.1) is 0 Å². The highest BCUT2D eigenvalue weighted by molar-refractivity contribution is 5.78. The molecular formula is C17H27N5O. The summed E-state index contributed by atoms with van der Waals surface area (Å²) in [6, 6.07) is 1.12. The van der Waals surface area contributed by atoms with Crippen LogP contribution in [-0.2, 0) is 11.2 Å². The predicted octanol–water partition coefficient (Wildman–Crippen LogP) is 0.646. The van der Waals surface area contributed by atoms with Crippen LogP contribution < -0.4 is 0 Å². The van der Waals surface area contributed by atoms with Crippen molar-refractivity contribution in [2.45, 2.75) is 38.3 Å². The molecule has 0 N–H and O–H groups in total. The molecule has 0 aromatic carbocycles. The molecule has 2 saturated heterocycles. The van der Waals surface area contributed by atoms with Crippen LogP contribution in [0.1, 0.15) is 25.3 Å². The zero-order valence-electron chi connectivity index (χ0n) is 14.2. The highest BCUT2D eigenvalue weighted by Gasteiger charge is 2.32. The topological polar surface area (TPSA) is 52.6 Å². The molecule has 2 fully saturated rings. The van der Waals surface area contributed by atoms with Gasteiger partial charge in [-0.3, -0.25) is 9.69 Å². The monoisotopic (exact) mass is 317 g/mol. The third kappa shape index (κ3) is 4.06. The fourth-order valence-corrected chi connectivity index (χ4v) is 3.77. The minimum Gasteiger partial charge on any atom is -0.340 e. The van der Waals surface area contributed by atoms with Crippen molar-refractivity contribution in [2.24, 2.45) is 0 Å².